The smallest absolute Gasteiger partial charge is 0.220 e. The van der Waals surface area contributed by atoms with Crippen LogP contribution in [0.3, 0.4) is 0 Å². The Morgan fingerprint density at radius 3 is 2.44 bits per heavy atom. The number of carbonyl (C=O) groups is 1. The molecule has 0 aliphatic carbocycles. The van der Waals surface area contributed by atoms with Crippen molar-refractivity contribution in [3.63, 3.8) is 0 Å². The molecule has 0 saturated heterocycles. The molecule has 3 nitrogen and oxygen atoms in total. The molecule has 0 spiro atoms. The van der Waals surface area contributed by atoms with Gasteiger partial charge in [-0.15, -0.1) is 0 Å². The van der Waals surface area contributed by atoms with Crippen LogP contribution in [-0.2, 0) is 11.2 Å². The normalized spacial score (nSPS) is 10.4. The van der Waals surface area contributed by atoms with Gasteiger partial charge in [-0.3, -0.25) is 4.79 Å². The lowest BCUT2D eigenvalue weighted by molar-refractivity contribution is -0.121. The van der Waals surface area contributed by atoms with Gasteiger partial charge >= 0.3 is 0 Å². The number of aryl methyl sites for hydroxylation is 2. The lowest BCUT2D eigenvalue weighted by Crippen LogP contribution is -2.26. The zero-order valence-corrected chi connectivity index (χ0v) is 11.7. The Balaban J connectivity index is 2.31. The molecule has 1 rings (SSSR count). The maximum absolute atomic E-state index is 11.5. The van der Waals surface area contributed by atoms with Crippen molar-refractivity contribution in [2.24, 2.45) is 0 Å². The Morgan fingerprint density at radius 2 is 1.83 bits per heavy atom. The first-order chi connectivity index (χ1) is 8.65. The summed E-state index contributed by atoms with van der Waals surface area (Å²) < 4.78 is 0. The Hall–Kier alpha value is -1.35. The first kappa shape index (κ1) is 14.7. The third-order valence-electron chi connectivity index (χ3n) is 3.17. The number of nitrogens with one attached hydrogen (secondary N) is 2. The molecule has 0 saturated carbocycles. The van der Waals surface area contributed by atoms with Gasteiger partial charge in [-0.2, -0.15) is 0 Å². The van der Waals surface area contributed by atoms with Crippen LogP contribution in [0, 0.1) is 13.8 Å². The maximum atomic E-state index is 11.5. The van der Waals surface area contributed by atoms with Crippen LogP contribution in [0.4, 0.5) is 0 Å². The minimum absolute atomic E-state index is 0.150. The summed E-state index contributed by atoms with van der Waals surface area (Å²) in [7, 11) is 1.90. The van der Waals surface area contributed by atoms with Crippen LogP contribution in [-0.4, -0.2) is 26.0 Å². The quantitative estimate of drug-likeness (QED) is 0.724. The van der Waals surface area contributed by atoms with Crippen molar-refractivity contribution in [1.82, 2.24) is 10.6 Å². The molecule has 0 unspecified atom stereocenters. The van der Waals surface area contributed by atoms with E-state index in [4.69, 9.17) is 0 Å². The number of benzene rings is 1. The van der Waals surface area contributed by atoms with Crippen molar-refractivity contribution in [3.05, 3.63) is 34.9 Å². The standard InChI is InChI=1S/C15H24N2O/c1-12-6-4-7-13(2)14(12)9-11-17-15(18)8-5-10-16-3/h4,6-7,16H,5,8-11H2,1-3H3,(H,17,18). The summed E-state index contributed by atoms with van der Waals surface area (Å²) in [6.45, 7) is 5.86. The third kappa shape index (κ3) is 4.88. The highest BCUT2D eigenvalue weighted by molar-refractivity contribution is 5.75. The van der Waals surface area contributed by atoms with Crippen LogP contribution >= 0.6 is 0 Å². The Morgan fingerprint density at radius 1 is 1.17 bits per heavy atom. The van der Waals surface area contributed by atoms with Crippen molar-refractivity contribution in [2.45, 2.75) is 33.1 Å². The summed E-state index contributed by atoms with van der Waals surface area (Å²) in [5.74, 6) is 0.150. The second kappa shape index (κ2) is 7.88. The molecule has 0 fully saturated rings. The summed E-state index contributed by atoms with van der Waals surface area (Å²) in [5, 5.41) is 6.02. The van der Waals surface area contributed by atoms with E-state index in [0.29, 0.717) is 6.42 Å². The molecule has 0 heterocycles. The number of hydrogen-bond acceptors (Lipinski definition) is 2. The first-order valence-corrected chi connectivity index (χ1v) is 6.61. The fraction of sp³-hybridized carbons (Fsp3) is 0.533. The van der Waals surface area contributed by atoms with Crippen molar-refractivity contribution >= 4 is 5.91 Å². The fourth-order valence-corrected chi connectivity index (χ4v) is 2.08. The van der Waals surface area contributed by atoms with Crippen LogP contribution in [0.2, 0.25) is 0 Å². The number of hydrogen-bond donors (Lipinski definition) is 2. The van der Waals surface area contributed by atoms with Gasteiger partial charge in [0.25, 0.3) is 0 Å². The van der Waals surface area contributed by atoms with E-state index in [2.05, 4.69) is 42.7 Å². The molecule has 0 atom stereocenters. The average molecular weight is 248 g/mol. The summed E-state index contributed by atoms with van der Waals surface area (Å²) in [6, 6.07) is 6.32. The van der Waals surface area contributed by atoms with Crippen LogP contribution < -0.4 is 10.6 Å². The SMILES string of the molecule is CNCCCC(=O)NCCc1c(C)cccc1C. The predicted octanol–water partition coefficient (Wildman–Crippen LogP) is 1.96. The van der Waals surface area contributed by atoms with Gasteiger partial charge in [-0.05, 0) is 57.0 Å². The van der Waals surface area contributed by atoms with Gasteiger partial charge in [-0.25, -0.2) is 0 Å². The molecule has 1 aromatic rings. The molecule has 0 aliphatic heterocycles. The van der Waals surface area contributed by atoms with E-state index in [9.17, 15) is 4.79 Å². The van der Waals surface area contributed by atoms with Gasteiger partial charge in [0.2, 0.25) is 5.91 Å². The van der Waals surface area contributed by atoms with Crippen LogP contribution in [0.15, 0.2) is 18.2 Å². The van der Waals surface area contributed by atoms with Crippen LogP contribution in [0.25, 0.3) is 0 Å². The van der Waals surface area contributed by atoms with Gasteiger partial charge in [0.1, 0.15) is 0 Å². The zero-order chi connectivity index (χ0) is 13.4. The Bertz CT molecular complexity index is 368. The summed E-state index contributed by atoms with van der Waals surface area (Å²) in [5.41, 5.74) is 3.96. The third-order valence-corrected chi connectivity index (χ3v) is 3.17. The number of rotatable bonds is 7. The van der Waals surface area contributed by atoms with E-state index >= 15 is 0 Å². The van der Waals surface area contributed by atoms with Crippen molar-refractivity contribution in [3.8, 4) is 0 Å². The summed E-state index contributed by atoms with van der Waals surface area (Å²) in [4.78, 5) is 11.5. The highest BCUT2D eigenvalue weighted by Crippen LogP contribution is 2.13. The van der Waals surface area contributed by atoms with Gasteiger partial charge in [-0.1, -0.05) is 18.2 Å². The molecule has 1 aromatic carbocycles. The molecule has 2 N–H and O–H groups in total. The van der Waals surface area contributed by atoms with Crippen LogP contribution in [0.5, 0.6) is 0 Å². The molecule has 0 aromatic heterocycles. The molecule has 1 amide bonds. The van der Waals surface area contributed by atoms with Gasteiger partial charge in [0.15, 0.2) is 0 Å². The van der Waals surface area contributed by atoms with Crippen molar-refractivity contribution in [1.29, 1.82) is 0 Å². The lowest BCUT2D eigenvalue weighted by Gasteiger charge is -2.10. The Kier molecular flexibility index (Phi) is 6.44. The van der Waals surface area contributed by atoms with E-state index in [0.717, 1.165) is 25.9 Å². The maximum Gasteiger partial charge on any atom is 0.220 e. The molecule has 3 heteroatoms. The molecule has 0 bridgehead atoms. The molecular formula is C15H24N2O. The van der Waals surface area contributed by atoms with Crippen molar-refractivity contribution in [2.75, 3.05) is 20.1 Å². The fourth-order valence-electron chi connectivity index (χ4n) is 2.08. The minimum Gasteiger partial charge on any atom is -0.356 e. The molecule has 0 aliphatic rings. The predicted molar refractivity (Wildman–Crippen MR) is 75.8 cm³/mol. The number of amides is 1. The summed E-state index contributed by atoms with van der Waals surface area (Å²) >= 11 is 0. The van der Waals surface area contributed by atoms with Crippen LogP contribution in [0.1, 0.15) is 29.5 Å². The van der Waals surface area contributed by atoms with Gasteiger partial charge in [0, 0.05) is 13.0 Å². The molecular weight excluding hydrogens is 224 g/mol. The lowest BCUT2D eigenvalue weighted by atomic mass is 10.0. The Labute approximate surface area is 110 Å². The average Bonchev–Trinajstić information content (AvgIpc) is 2.33. The summed E-state index contributed by atoms with van der Waals surface area (Å²) in [6.07, 6.45) is 2.41. The highest BCUT2D eigenvalue weighted by Gasteiger charge is 2.03. The second-order valence-electron chi connectivity index (χ2n) is 4.68. The zero-order valence-electron chi connectivity index (χ0n) is 11.7. The van der Waals surface area contributed by atoms with Crippen molar-refractivity contribution < 1.29 is 4.79 Å². The molecule has 0 radical (unpaired) electrons. The van der Waals surface area contributed by atoms with Gasteiger partial charge < -0.3 is 10.6 Å². The topological polar surface area (TPSA) is 41.1 Å². The molecule has 18 heavy (non-hydrogen) atoms. The van der Waals surface area contributed by atoms with E-state index in [1.165, 1.54) is 16.7 Å². The van der Waals surface area contributed by atoms with E-state index in [1.54, 1.807) is 0 Å². The minimum atomic E-state index is 0.150. The molecule has 100 valence electrons. The largest absolute Gasteiger partial charge is 0.356 e. The van der Waals surface area contributed by atoms with E-state index < -0.39 is 0 Å². The highest BCUT2D eigenvalue weighted by atomic mass is 16.1. The first-order valence-electron chi connectivity index (χ1n) is 6.61. The van der Waals surface area contributed by atoms with E-state index in [1.807, 2.05) is 7.05 Å². The second-order valence-corrected chi connectivity index (χ2v) is 4.68. The van der Waals surface area contributed by atoms with Gasteiger partial charge in [0.05, 0.1) is 0 Å². The monoisotopic (exact) mass is 248 g/mol. The van der Waals surface area contributed by atoms with E-state index in [-0.39, 0.29) is 5.91 Å². The number of carbonyl (C=O) groups excluding carboxylic acids is 1.